The van der Waals surface area contributed by atoms with Gasteiger partial charge >= 0.3 is 0 Å². The molecular formula is C14H9ClN2O3. The Hall–Kier alpha value is -2.40. The highest BCUT2D eigenvalue weighted by molar-refractivity contribution is 6.40. The maximum atomic E-state index is 11.2. The zero-order valence-corrected chi connectivity index (χ0v) is 11.2. The van der Waals surface area contributed by atoms with E-state index in [2.05, 4.69) is 4.98 Å². The van der Waals surface area contributed by atoms with Crippen molar-refractivity contribution in [2.45, 2.75) is 0 Å². The highest BCUT2D eigenvalue weighted by Crippen LogP contribution is 2.37. The number of halogens is 1. The van der Waals surface area contributed by atoms with Gasteiger partial charge in [0.2, 0.25) is 0 Å². The van der Waals surface area contributed by atoms with E-state index >= 15 is 0 Å². The predicted molar refractivity (Wildman–Crippen MR) is 77.5 cm³/mol. The number of aromatic nitrogens is 1. The van der Waals surface area contributed by atoms with Crippen LogP contribution in [0, 0.1) is 10.1 Å². The fraction of sp³-hybridized carbons (Fsp3) is 0.0714. The first-order chi connectivity index (χ1) is 9.61. The second-order valence-electron chi connectivity index (χ2n) is 4.24. The number of methoxy groups -OCH3 is 1. The van der Waals surface area contributed by atoms with E-state index in [0.717, 1.165) is 5.39 Å². The highest BCUT2D eigenvalue weighted by atomic mass is 35.5. The number of rotatable bonds is 2. The summed E-state index contributed by atoms with van der Waals surface area (Å²) >= 11 is 6.36. The molecule has 0 aliphatic rings. The first-order valence-electron chi connectivity index (χ1n) is 5.82. The van der Waals surface area contributed by atoms with Crippen molar-refractivity contribution in [3.63, 3.8) is 0 Å². The van der Waals surface area contributed by atoms with Gasteiger partial charge in [-0.2, -0.15) is 0 Å². The summed E-state index contributed by atoms with van der Waals surface area (Å²) in [6, 6.07) is 10.3. The Morgan fingerprint density at radius 2 is 2.00 bits per heavy atom. The number of nitrogens with zero attached hydrogens (tertiary/aromatic N) is 2. The molecule has 0 aliphatic heterocycles. The molecule has 2 aromatic carbocycles. The number of nitro benzene ring substituents is 1. The van der Waals surface area contributed by atoms with E-state index in [4.69, 9.17) is 16.3 Å². The average Bonchev–Trinajstić information content (AvgIpc) is 2.46. The molecule has 0 spiro atoms. The van der Waals surface area contributed by atoms with E-state index in [1.807, 2.05) is 18.2 Å². The second-order valence-corrected chi connectivity index (χ2v) is 4.62. The lowest BCUT2D eigenvalue weighted by Gasteiger charge is -2.07. The highest BCUT2D eigenvalue weighted by Gasteiger charge is 2.19. The van der Waals surface area contributed by atoms with Gasteiger partial charge in [-0.1, -0.05) is 29.8 Å². The van der Waals surface area contributed by atoms with Crippen LogP contribution < -0.4 is 4.74 Å². The predicted octanol–water partition coefficient (Wildman–Crippen LogP) is 3.96. The maximum absolute atomic E-state index is 11.2. The minimum Gasteiger partial charge on any atom is -0.496 e. The van der Waals surface area contributed by atoms with Crippen LogP contribution in [0.4, 0.5) is 5.69 Å². The van der Waals surface area contributed by atoms with Crippen molar-refractivity contribution in [3.05, 3.63) is 51.5 Å². The summed E-state index contributed by atoms with van der Waals surface area (Å²) in [5.41, 5.74) is 0.768. The van der Waals surface area contributed by atoms with E-state index in [1.165, 1.54) is 13.2 Å². The lowest BCUT2D eigenvalue weighted by molar-refractivity contribution is -0.383. The van der Waals surface area contributed by atoms with E-state index in [9.17, 15) is 10.1 Å². The van der Waals surface area contributed by atoms with Gasteiger partial charge in [0.1, 0.15) is 5.75 Å². The van der Waals surface area contributed by atoms with Crippen LogP contribution in [0.1, 0.15) is 0 Å². The molecule has 0 atom stereocenters. The van der Waals surface area contributed by atoms with Gasteiger partial charge in [0.25, 0.3) is 5.69 Å². The van der Waals surface area contributed by atoms with Crippen LogP contribution in [-0.4, -0.2) is 17.0 Å². The molecule has 0 saturated heterocycles. The largest absolute Gasteiger partial charge is 0.496 e. The monoisotopic (exact) mass is 288 g/mol. The van der Waals surface area contributed by atoms with E-state index in [-0.39, 0.29) is 11.2 Å². The second kappa shape index (κ2) is 4.61. The van der Waals surface area contributed by atoms with Crippen LogP contribution in [0.3, 0.4) is 0 Å². The summed E-state index contributed by atoms with van der Waals surface area (Å²) in [4.78, 5) is 15.1. The third-order valence-electron chi connectivity index (χ3n) is 3.10. The standard InChI is InChI=1S/C14H9ClN2O3/c1-20-8-6-10-13(15)9-4-2-3-5-11(9)16-14(10)12(7-8)17(18)19/h2-7H,1H3. The number of ether oxygens (including phenoxy) is 1. The molecule has 0 bridgehead atoms. The molecule has 1 aromatic heterocycles. The Bertz CT molecular complexity index is 849. The van der Waals surface area contributed by atoms with Crippen LogP contribution in [0.2, 0.25) is 5.02 Å². The quantitative estimate of drug-likeness (QED) is 0.407. The van der Waals surface area contributed by atoms with Crippen LogP contribution in [-0.2, 0) is 0 Å². The fourth-order valence-corrected chi connectivity index (χ4v) is 2.46. The number of nitro groups is 1. The Balaban J connectivity index is 2.53. The molecule has 1 heterocycles. The molecule has 0 N–H and O–H groups in total. The molecule has 0 saturated carbocycles. The number of hydrogen-bond acceptors (Lipinski definition) is 4. The Kier molecular flexibility index (Phi) is 2.91. The minimum absolute atomic E-state index is 0.119. The molecule has 0 fully saturated rings. The topological polar surface area (TPSA) is 65.3 Å². The molecule has 20 heavy (non-hydrogen) atoms. The molecule has 100 valence electrons. The summed E-state index contributed by atoms with van der Waals surface area (Å²) in [6.45, 7) is 0. The van der Waals surface area contributed by atoms with E-state index < -0.39 is 4.92 Å². The number of fused-ring (bicyclic) bond motifs is 2. The van der Waals surface area contributed by atoms with Gasteiger partial charge in [-0.25, -0.2) is 4.98 Å². The first-order valence-corrected chi connectivity index (χ1v) is 6.20. The van der Waals surface area contributed by atoms with Crippen LogP contribution >= 0.6 is 11.6 Å². The van der Waals surface area contributed by atoms with Crippen molar-refractivity contribution in [3.8, 4) is 5.75 Å². The van der Waals surface area contributed by atoms with Crippen molar-refractivity contribution < 1.29 is 9.66 Å². The van der Waals surface area contributed by atoms with Gasteiger partial charge in [0.05, 0.1) is 28.6 Å². The summed E-state index contributed by atoms with van der Waals surface area (Å²) in [5, 5.41) is 12.9. The van der Waals surface area contributed by atoms with Gasteiger partial charge in [-0.3, -0.25) is 10.1 Å². The lowest BCUT2D eigenvalue weighted by atomic mass is 10.1. The first kappa shape index (κ1) is 12.6. The molecule has 0 radical (unpaired) electrons. The van der Waals surface area contributed by atoms with Crippen LogP contribution in [0.15, 0.2) is 36.4 Å². The number of benzene rings is 2. The zero-order chi connectivity index (χ0) is 14.3. The SMILES string of the molecule is COc1cc([N+](=O)[O-])c2nc3ccccc3c(Cl)c2c1. The van der Waals surface area contributed by atoms with Crippen molar-refractivity contribution in [2.75, 3.05) is 7.11 Å². The number of pyridine rings is 1. The summed E-state index contributed by atoms with van der Waals surface area (Å²) in [5.74, 6) is 0.378. The van der Waals surface area contributed by atoms with Gasteiger partial charge in [-0.15, -0.1) is 0 Å². The van der Waals surface area contributed by atoms with Crippen molar-refractivity contribution in [1.29, 1.82) is 0 Å². The summed E-state index contributed by atoms with van der Waals surface area (Å²) < 4.78 is 5.09. The lowest BCUT2D eigenvalue weighted by Crippen LogP contribution is -1.95. The molecule has 6 heteroatoms. The van der Waals surface area contributed by atoms with Gasteiger partial charge in [0, 0.05) is 10.8 Å². The third kappa shape index (κ3) is 1.83. The Morgan fingerprint density at radius 1 is 1.25 bits per heavy atom. The van der Waals surface area contributed by atoms with Gasteiger partial charge in [0.15, 0.2) is 5.52 Å². The fourth-order valence-electron chi connectivity index (χ4n) is 2.16. The van der Waals surface area contributed by atoms with Gasteiger partial charge in [-0.05, 0) is 12.1 Å². The molecule has 0 amide bonds. The smallest absolute Gasteiger partial charge is 0.299 e. The maximum Gasteiger partial charge on any atom is 0.299 e. The van der Waals surface area contributed by atoms with Crippen molar-refractivity contribution in [2.24, 2.45) is 0 Å². The molecule has 3 aromatic rings. The number of hydrogen-bond donors (Lipinski definition) is 0. The number of non-ortho nitro benzene ring substituents is 1. The molecule has 0 unspecified atom stereocenters. The molecule has 5 nitrogen and oxygen atoms in total. The zero-order valence-electron chi connectivity index (χ0n) is 10.5. The van der Waals surface area contributed by atoms with E-state index in [0.29, 0.717) is 21.7 Å². The number of para-hydroxylation sites is 1. The average molecular weight is 289 g/mol. The normalized spacial score (nSPS) is 10.9. The van der Waals surface area contributed by atoms with Crippen molar-refractivity contribution in [1.82, 2.24) is 4.98 Å². The van der Waals surface area contributed by atoms with E-state index in [1.54, 1.807) is 12.1 Å². The summed E-state index contributed by atoms with van der Waals surface area (Å²) in [7, 11) is 1.45. The summed E-state index contributed by atoms with van der Waals surface area (Å²) in [6.07, 6.45) is 0. The molecule has 3 rings (SSSR count). The van der Waals surface area contributed by atoms with Crippen LogP contribution in [0.5, 0.6) is 5.75 Å². The molecule has 0 aliphatic carbocycles. The molecular weight excluding hydrogens is 280 g/mol. The van der Waals surface area contributed by atoms with Crippen molar-refractivity contribution >= 4 is 39.1 Å². The Morgan fingerprint density at radius 3 is 2.70 bits per heavy atom. The van der Waals surface area contributed by atoms with Crippen LogP contribution in [0.25, 0.3) is 21.8 Å². The third-order valence-corrected chi connectivity index (χ3v) is 3.51. The van der Waals surface area contributed by atoms with Gasteiger partial charge < -0.3 is 4.74 Å². The minimum atomic E-state index is -0.483. The Labute approximate surface area is 118 Å².